The second-order valence-electron chi connectivity index (χ2n) is 4.29. The molecule has 1 saturated heterocycles. The number of carbonyl (C=O) groups excluding carboxylic acids is 2. The van der Waals surface area contributed by atoms with E-state index in [9.17, 15) is 9.59 Å². The minimum Gasteiger partial charge on any atom is -0.344 e. The molecule has 2 amide bonds. The normalized spacial score (nSPS) is 20.1. The molecule has 0 aromatic rings. The molecule has 4 nitrogen and oxygen atoms in total. The highest BCUT2D eigenvalue weighted by atomic mass is 32.1. The maximum absolute atomic E-state index is 11.9. The quantitative estimate of drug-likeness (QED) is 0.722. The van der Waals surface area contributed by atoms with Crippen molar-refractivity contribution in [2.75, 3.05) is 13.1 Å². The van der Waals surface area contributed by atoms with Crippen LogP contribution in [0.1, 0.15) is 33.1 Å². The molecule has 0 saturated carbocycles. The summed E-state index contributed by atoms with van der Waals surface area (Å²) in [5.74, 6) is -0.178. The second kappa shape index (κ2) is 6.13. The summed E-state index contributed by atoms with van der Waals surface area (Å²) in [4.78, 5) is 25.2. The van der Waals surface area contributed by atoms with Crippen LogP contribution in [0.15, 0.2) is 0 Å². The fraction of sp³-hybridized carbons (Fsp3) is 0.818. The zero-order valence-corrected chi connectivity index (χ0v) is 10.8. The summed E-state index contributed by atoms with van der Waals surface area (Å²) in [5.41, 5.74) is 0. The Labute approximate surface area is 102 Å². The summed E-state index contributed by atoms with van der Waals surface area (Å²) in [6, 6.07) is -0.444. The minimum absolute atomic E-state index is 0.0158. The minimum atomic E-state index is -0.444. The highest BCUT2D eigenvalue weighted by Crippen LogP contribution is 2.10. The van der Waals surface area contributed by atoms with Crippen molar-refractivity contribution in [2.45, 2.75) is 44.4 Å². The molecule has 5 heteroatoms. The Balaban J connectivity index is 2.43. The van der Waals surface area contributed by atoms with Gasteiger partial charge in [0.1, 0.15) is 6.04 Å². The number of likely N-dealkylation sites (tertiary alicyclic amines) is 1. The number of thiol groups is 1. The summed E-state index contributed by atoms with van der Waals surface area (Å²) in [6.07, 6.45) is 3.32. The summed E-state index contributed by atoms with van der Waals surface area (Å²) in [7, 11) is 0. The van der Waals surface area contributed by atoms with E-state index in [4.69, 9.17) is 0 Å². The third-order valence-electron chi connectivity index (χ3n) is 2.78. The molecule has 1 fully saturated rings. The lowest BCUT2D eigenvalue weighted by atomic mass is 10.1. The Bertz CT molecular complexity index is 263. The molecule has 1 aliphatic heterocycles. The van der Waals surface area contributed by atoms with Crippen LogP contribution in [-0.4, -0.2) is 41.1 Å². The Morgan fingerprint density at radius 3 is 2.25 bits per heavy atom. The number of piperidine rings is 1. The van der Waals surface area contributed by atoms with Gasteiger partial charge in [0.05, 0.1) is 5.25 Å². The Hall–Kier alpha value is -0.710. The van der Waals surface area contributed by atoms with Gasteiger partial charge in [0.15, 0.2) is 0 Å². The molecule has 1 heterocycles. The Kier molecular flexibility index (Phi) is 5.12. The van der Waals surface area contributed by atoms with Gasteiger partial charge in [-0.25, -0.2) is 0 Å². The van der Waals surface area contributed by atoms with Gasteiger partial charge < -0.3 is 10.2 Å². The first-order valence-corrected chi connectivity index (χ1v) is 6.31. The van der Waals surface area contributed by atoms with Crippen molar-refractivity contribution in [2.24, 2.45) is 0 Å². The lowest BCUT2D eigenvalue weighted by Crippen LogP contribution is -2.49. The van der Waals surface area contributed by atoms with Crippen molar-refractivity contribution in [3.63, 3.8) is 0 Å². The average molecular weight is 244 g/mol. The molecule has 0 spiro atoms. The van der Waals surface area contributed by atoms with Gasteiger partial charge in [-0.05, 0) is 33.1 Å². The van der Waals surface area contributed by atoms with Gasteiger partial charge in [0, 0.05) is 13.1 Å². The first kappa shape index (κ1) is 13.4. The molecular weight excluding hydrogens is 224 g/mol. The van der Waals surface area contributed by atoms with E-state index in [1.54, 1.807) is 13.8 Å². The number of hydrogen-bond donors (Lipinski definition) is 2. The van der Waals surface area contributed by atoms with E-state index in [0.717, 1.165) is 25.9 Å². The van der Waals surface area contributed by atoms with Gasteiger partial charge in [0.25, 0.3) is 0 Å². The fourth-order valence-electron chi connectivity index (χ4n) is 1.78. The lowest BCUT2D eigenvalue weighted by molar-refractivity contribution is -0.136. The van der Waals surface area contributed by atoms with Crippen molar-refractivity contribution in [3.8, 4) is 0 Å². The molecule has 0 bridgehead atoms. The summed E-state index contributed by atoms with van der Waals surface area (Å²) < 4.78 is 0. The largest absolute Gasteiger partial charge is 0.344 e. The van der Waals surface area contributed by atoms with Crippen LogP contribution in [0, 0.1) is 0 Å². The number of nitrogens with zero attached hydrogens (tertiary/aromatic N) is 1. The van der Waals surface area contributed by atoms with Crippen LogP contribution in [0.3, 0.4) is 0 Å². The summed E-state index contributed by atoms with van der Waals surface area (Å²) in [5, 5.41) is 2.29. The van der Waals surface area contributed by atoms with Gasteiger partial charge in [-0.2, -0.15) is 12.6 Å². The van der Waals surface area contributed by atoms with E-state index in [1.165, 1.54) is 6.42 Å². The van der Waals surface area contributed by atoms with E-state index < -0.39 is 6.04 Å². The number of rotatable bonds is 3. The molecule has 1 aliphatic rings. The molecule has 0 aromatic heterocycles. The third kappa shape index (κ3) is 3.70. The predicted molar refractivity (Wildman–Crippen MR) is 66.5 cm³/mol. The highest BCUT2D eigenvalue weighted by molar-refractivity contribution is 7.81. The second-order valence-corrected chi connectivity index (χ2v) is 5.07. The van der Waals surface area contributed by atoms with Crippen LogP contribution in [0.2, 0.25) is 0 Å². The molecule has 0 aliphatic carbocycles. The molecule has 2 atom stereocenters. The highest BCUT2D eigenvalue weighted by Gasteiger charge is 2.23. The molecule has 92 valence electrons. The molecular formula is C11H20N2O2S. The fourth-order valence-corrected chi connectivity index (χ4v) is 1.86. The van der Waals surface area contributed by atoms with Crippen molar-refractivity contribution in [3.05, 3.63) is 0 Å². The first-order chi connectivity index (χ1) is 7.52. The number of carbonyl (C=O) groups is 2. The predicted octanol–water partition coefficient (Wildman–Crippen LogP) is 0.822. The topological polar surface area (TPSA) is 49.4 Å². The maximum Gasteiger partial charge on any atom is 0.244 e. The van der Waals surface area contributed by atoms with Crippen LogP contribution >= 0.6 is 12.6 Å². The van der Waals surface area contributed by atoms with Gasteiger partial charge in [-0.3, -0.25) is 9.59 Å². The van der Waals surface area contributed by atoms with Crippen molar-refractivity contribution >= 4 is 24.4 Å². The summed E-state index contributed by atoms with van der Waals surface area (Å²) >= 11 is 4.03. The van der Waals surface area contributed by atoms with Crippen LogP contribution in [0.5, 0.6) is 0 Å². The Morgan fingerprint density at radius 1 is 1.19 bits per heavy atom. The van der Waals surface area contributed by atoms with E-state index >= 15 is 0 Å². The molecule has 0 radical (unpaired) electrons. The van der Waals surface area contributed by atoms with Gasteiger partial charge in [0.2, 0.25) is 11.8 Å². The van der Waals surface area contributed by atoms with Crippen molar-refractivity contribution < 1.29 is 9.59 Å². The first-order valence-electron chi connectivity index (χ1n) is 5.79. The zero-order chi connectivity index (χ0) is 12.1. The van der Waals surface area contributed by atoms with Crippen LogP contribution in [-0.2, 0) is 9.59 Å². The average Bonchev–Trinajstić information content (AvgIpc) is 2.28. The molecule has 1 rings (SSSR count). The monoisotopic (exact) mass is 244 g/mol. The smallest absolute Gasteiger partial charge is 0.244 e. The molecule has 2 unspecified atom stereocenters. The Morgan fingerprint density at radius 2 is 1.75 bits per heavy atom. The molecule has 16 heavy (non-hydrogen) atoms. The molecule has 0 aromatic carbocycles. The number of hydrogen-bond acceptors (Lipinski definition) is 3. The summed E-state index contributed by atoms with van der Waals surface area (Å²) in [6.45, 7) is 5.05. The maximum atomic E-state index is 11.9. The SMILES string of the molecule is CC(S)C(=O)NC(C)C(=O)N1CCCCC1. The zero-order valence-electron chi connectivity index (χ0n) is 9.90. The van der Waals surface area contributed by atoms with Gasteiger partial charge >= 0.3 is 0 Å². The van der Waals surface area contributed by atoms with E-state index in [-0.39, 0.29) is 17.1 Å². The van der Waals surface area contributed by atoms with Gasteiger partial charge in [-0.1, -0.05) is 0 Å². The van der Waals surface area contributed by atoms with Crippen molar-refractivity contribution in [1.29, 1.82) is 0 Å². The van der Waals surface area contributed by atoms with Crippen molar-refractivity contribution in [1.82, 2.24) is 10.2 Å². The van der Waals surface area contributed by atoms with Crippen LogP contribution < -0.4 is 5.32 Å². The number of amides is 2. The third-order valence-corrected chi connectivity index (χ3v) is 3.01. The van der Waals surface area contributed by atoms with E-state index in [1.807, 2.05) is 4.90 Å². The van der Waals surface area contributed by atoms with Crippen LogP contribution in [0.25, 0.3) is 0 Å². The molecule has 1 N–H and O–H groups in total. The standard InChI is InChI=1S/C11H20N2O2S/c1-8(12-10(14)9(2)16)11(15)13-6-4-3-5-7-13/h8-9,16H,3-7H2,1-2H3,(H,12,14). The lowest BCUT2D eigenvalue weighted by Gasteiger charge is -2.29. The van der Waals surface area contributed by atoms with E-state index in [2.05, 4.69) is 17.9 Å². The van der Waals surface area contributed by atoms with E-state index in [0.29, 0.717) is 0 Å². The van der Waals surface area contributed by atoms with Gasteiger partial charge in [-0.15, -0.1) is 0 Å². The number of nitrogens with one attached hydrogen (secondary N) is 1. The van der Waals surface area contributed by atoms with Crippen LogP contribution in [0.4, 0.5) is 0 Å².